The number of pyridine rings is 1. The van der Waals surface area contributed by atoms with Crippen LogP contribution in [0.3, 0.4) is 0 Å². The maximum atomic E-state index is 13.5. The SMILES string of the molecule is C=C/C=C\CC(NCCCCNc1cccc2c1C(=O)N(C1CCC(=O)NC1=O)C2=O)N(C)c1c(C=C)nc(-c2cccnc2N)n1-c1ccc(C2(N)CCC2)cc1. The van der Waals surface area contributed by atoms with E-state index in [1.807, 2.05) is 25.3 Å². The summed E-state index contributed by atoms with van der Waals surface area (Å²) in [6.07, 6.45) is 14.4. The molecule has 14 nitrogen and oxygen atoms in total. The zero-order chi connectivity index (χ0) is 41.0. The molecule has 2 aliphatic heterocycles. The number of amides is 4. The van der Waals surface area contributed by atoms with E-state index < -0.39 is 29.7 Å². The lowest BCUT2D eigenvalue weighted by Crippen LogP contribution is -2.54. The molecule has 4 amide bonds. The zero-order valence-electron chi connectivity index (χ0n) is 32.7. The average molecular weight is 783 g/mol. The molecule has 14 heteroatoms. The molecule has 0 radical (unpaired) electrons. The summed E-state index contributed by atoms with van der Waals surface area (Å²) < 4.78 is 2.10. The van der Waals surface area contributed by atoms with E-state index in [2.05, 4.69) is 73.9 Å². The van der Waals surface area contributed by atoms with E-state index in [0.29, 0.717) is 48.1 Å². The number of unbranched alkanes of at least 4 members (excludes halogenated alkanes) is 1. The molecule has 7 rings (SSSR count). The Balaban J connectivity index is 1.07. The van der Waals surface area contributed by atoms with Gasteiger partial charge in [0.15, 0.2) is 5.82 Å². The quantitative estimate of drug-likeness (QED) is 0.0405. The number of anilines is 3. The number of nitrogens with two attached hydrogens (primary N) is 2. The van der Waals surface area contributed by atoms with Crippen molar-refractivity contribution in [2.45, 2.75) is 69.1 Å². The zero-order valence-corrected chi connectivity index (χ0v) is 32.7. The number of carbonyl (C=O) groups is 4. The summed E-state index contributed by atoms with van der Waals surface area (Å²) in [5.41, 5.74) is 17.2. The number of nitrogen functional groups attached to an aromatic ring is 1. The second-order valence-corrected chi connectivity index (χ2v) is 15.0. The molecule has 3 aliphatic rings. The highest BCUT2D eigenvalue weighted by molar-refractivity contribution is 6.25. The van der Waals surface area contributed by atoms with Crippen molar-refractivity contribution in [3.63, 3.8) is 0 Å². The van der Waals surface area contributed by atoms with Crippen LogP contribution < -0.4 is 32.3 Å². The Morgan fingerprint density at radius 3 is 2.47 bits per heavy atom. The molecule has 2 fully saturated rings. The van der Waals surface area contributed by atoms with Crippen LogP contribution in [0.1, 0.15) is 83.3 Å². The molecule has 58 heavy (non-hydrogen) atoms. The first kappa shape index (κ1) is 39.8. The van der Waals surface area contributed by atoms with Gasteiger partial charge in [-0.3, -0.25) is 39.3 Å². The van der Waals surface area contributed by atoms with Crippen LogP contribution in [0.15, 0.2) is 92.2 Å². The van der Waals surface area contributed by atoms with Gasteiger partial charge in [-0.2, -0.15) is 0 Å². The van der Waals surface area contributed by atoms with Gasteiger partial charge in [-0.05, 0) is 99.5 Å². The maximum absolute atomic E-state index is 13.5. The highest BCUT2D eigenvalue weighted by Gasteiger charge is 2.45. The van der Waals surface area contributed by atoms with Gasteiger partial charge in [-0.15, -0.1) is 0 Å². The minimum absolute atomic E-state index is 0.0638. The van der Waals surface area contributed by atoms with Crippen LogP contribution in [-0.2, 0) is 15.1 Å². The molecule has 2 aromatic heterocycles. The molecular formula is C44H50N10O4. The number of nitrogens with zero attached hydrogens (tertiary/aromatic N) is 5. The highest BCUT2D eigenvalue weighted by Crippen LogP contribution is 2.40. The number of fused-ring (bicyclic) bond motifs is 1. The highest BCUT2D eigenvalue weighted by atomic mass is 16.2. The van der Waals surface area contributed by atoms with Crippen molar-refractivity contribution >= 4 is 47.0 Å². The number of hydrogen-bond donors (Lipinski definition) is 5. The Morgan fingerprint density at radius 1 is 1.02 bits per heavy atom. The number of piperidine rings is 1. The van der Waals surface area contributed by atoms with Crippen molar-refractivity contribution in [3.8, 4) is 17.1 Å². The van der Waals surface area contributed by atoms with Crippen molar-refractivity contribution in [2.75, 3.05) is 36.1 Å². The predicted octanol–water partition coefficient (Wildman–Crippen LogP) is 5.28. The molecule has 4 aromatic rings. The Labute approximate surface area is 338 Å². The predicted molar refractivity (Wildman–Crippen MR) is 226 cm³/mol. The van der Waals surface area contributed by atoms with Crippen LogP contribution in [0.25, 0.3) is 23.2 Å². The van der Waals surface area contributed by atoms with Crippen molar-refractivity contribution in [1.29, 1.82) is 0 Å². The number of nitrogens with one attached hydrogen (secondary N) is 3. The molecule has 7 N–H and O–H groups in total. The van der Waals surface area contributed by atoms with Crippen LogP contribution in [0.5, 0.6) is 0 Å². The second kappa shape index (κ2) is 17.0. The lowest BCUT2D eigenvalue weighted by molar-refractivity contribution is -0.136. The molecule has 2 atom stereocenters. The molecule has 2 aromatic carbocycles. The van der Waals surface area contributed by atoms with Crippen LogP contribution in [0.2, 0.25) is 0 Å². The van der Waals surface area contributed by atoms with E-state index in [1.165, 1.54) is 0 Å². The molecule has 1 aliphatic carbocycles. The molecule has 1 saturated heterocycles. The molecule has 0 bridgehead atoms. The van der Waals surface area contributed by atoms with Crippen molar-refractivity contribution < 1.29 is 19.2 Å². The van der Waals surface area contributed by atoms with E-state index in [4.69, 9.17) is 16.5 Å². The van der Waals surface area contributed by atoms with E-state index in [1.54, 1.807) is 36.5 Å². The molecule has 4 heterocycles. The van der Waals surface area contributed by atoms with Gasteiger partial charge in [0.25, 0.3) is 11.8 Å². The standard InChI is InChI=1S/C44H50N10O4/c1-4-6-7-16-35(48-26-9-8-25-47-33-15-10-13-30-37(33)43(58)54(42(30)57)34-21-22-36(55)51-40(34)56)52(3)41-32(5-2)50-39(31-14-11-27-49-38(31)45)53(41)29-19-17-28(18-20-29)44(46)23-12-24-44/h4-7,10-11,13-15,17-20,27,34-35,47-48H,1-2,8-9,12,16,21-26,46H2,3H3,(H2,45,49)(H,51,55,56)/b7-6-. The van der Waals surface area contributed by atoms with E-state index >= 15 is 0 Å². The summed E-state index contributed by atoms with van der Waals surface area (Å²) in [6.45, 7) is 9.19. The number of allylic oxidation sites excluding steroid dienone is 2. The van der Waals surface area contributed by atoms with E-state index in [9.17, 15) is 19.2 Å². The third kappa shape index (κ3) is 7.68. The van der Waals surface area contributed by atoms with Crippen LogP contribution in [0, 0.1) is 0 Å². The lowest BCUT2D eigenvalue weighted by atomic mass is 9.73. The fourth-order valence-corrected chi connectivity index (χ4v) is 7.96. The molecular weight excluding hydrogens is 733 g/mol. The van der Waals surface area contributed by atoms with Gasteiger partial charge in [0.2, 0.25) is 11.8 Å². The number of carbonyl (C=O) groups excluding carboxylic acids is 4. The molecule has 0 spiro atoms. The monoisotopic (exact) mass is 782 g/mol. The van der Waals surface area contributed by atoms with E-state index in [0.717, 1.165) is 54.1 Å². The maximum Gasteiger partial charge on any atom is 0.264 e. The van der Waals surface area contributed by atoms with Crippen LogP contribution >= 0.6 is 0 Å². The topological polar surface area (TPSA) is 194 Å². The Hall–Kier alpha value is -6.38. The smallest absolute Gasteiger partial charge is 0.264 e. The van der Waals surface area contributed by atoms with E-state index in [-0.39, 0.29) is 35.7 Å². The first-order valence-electron chi connectivity index (χ1n) is 19.7. The minimum Gasteiger partial charge on any atom is -0.384 e. The molecule has 300 valence electrons. The van der Waals surface area contributed by atoms with Crippen molar-refractivity contribution in [1.82, 2.24) is 30.1 Å². The summed E-state index contributed by atoms with van der Waals surface area (Å²) in [7, 11) is 2.03. The van der Waals surface area contributed by atoms with Gasteiger partial charge in [0.05, 0.1) is 22.9 Å². The van der Waals surface area contributed by atoms with Gasteiger partial charge in [0.1, 0.15) is 23.4 Å². The first-order valence-corrected chi connectivity index (χ1v) is 19.7. The minimum atomic E-state index is -1.02. The summed E-state index contributed by atoms with van der Waals surface area (Å²) in [5, 5.41) is 9.31. The summed E-state index contributed by atoms with van der Waals surface area (Å²) in [4.78, 5) is 63.6. The Bertz CT molecular complexity index is 2280. The largest absolute Gasteiger partial charge is 0.384 e. The second-order valence-electron chi connectivity index (χ2n) is 15.0. The number of hydrogen-bond acceptors (Lipinski definition) is 11. The van der Waals surface area contributed by atoms with Crippen molar-refractivity contribution in [2.24, 2.45) is 5.73 Å². The van der Waals surface area contributed by atoms with Gasteiger partial charge in [-0.1, -0.05) is 49.6 Å². The van der Waals surface area contributed by atoms with Gasteiger partial charge in [-0.25, -0.2) is 9.97 Å². The summed E-state index contributed by atoms with van der Waals surface area (Å²) in [5.74, 6) is -0.293. The Morgan fingerprint density at radius 2 is 1.78 bits per heavy atom. The van der Waals surface area contributed by atoms with Crippen LogP contribution in [0.4, 0.5) is 17.3 Å². The third-order valence-electron chi connectivity index (χ3n) is 11.3. The van der Waals surface area contributed by atoms with Gasteiger partial charge in [0, 0.05) is 43.1 Å². The first-order chi connectivity index (χ1) is 28.1. The fourth-order valence-electron chi connectivity index (χ4n) is 7.96. The molecule has 1 saturated carbocycles. The summed E-state index contributed by atoms with van der Waals surface area (Å²) in [6, 6.07) is 16.2. The van der Waals surface area contributed by atoms with Crippen molar-refractivity contribution in [3.05, 3.63) is 115 Å². The normalized spacial score (nSPS) is 17.8. The number of rotatable bonds is 17. The fraction of sp³-hybridized carbons (Fsp3) is 0.318. The number of aromatic nitrogens is 3. The number of imide groups is 2. The number of imidazole rings is 1. The van der Waals surface area contributed by atoms with Gasteiger partial charge >= 0.3 is 0 Å². The summed E-state index contributed by atoms with van der Waals surface area (Å²) >= 11 is 0. The average Bonchev–Trinajstić information content (AvgIpc) is 3.72. The number of benzene rings is 2. The lowest BCUT2D eigenvalue weighted by Gasteiger charge is -2.38. The molecule has 2 unspecified atom stereocenters. The van der Waals surface area contributed by atoms with Crippen LogP contribution in [-0.4, -0.2) is 75.4 Å². The van der Waals surface area contributed by atoms with Gasteiger partial charge < -0.3 is 21.7 Å². The Kier molecular flexibility index (Phi) is 11.7. The third-order valence-corrected chi connectivity index (χ3v) is 11.3.